The van der Waals surface area contributed by atoms with E-state index in [0.717, 1.165) is 0 Å². The summed E-state index contributed by atoms with van der Waals surface area (Å²) in [6.45, 7) is 2.16. The van der Waals surface area contributed by atoms with E-state index in [0.29, 0.717) is 23.4 Å². The van der Waals surface area contributed by atoms with E-state index < -0.39 is 0 Å². The lowest BCUT2D eigenvalue weighted by Gasteiger charge is -2.39. The number of halogens is 1. The number of phenols is 1. The van der Waals surface area contributed by atoms with Crippen molar-refractivity contribution >= 4 is 29.1 Å². The second kappa shape index (κ2) is 7.06. The van der Waals surface area contributed by atoms with E-state index in [4.69, 9.17) is 16.9 Å². The van der Waals surface area contributed by atoms with Gasteiger partial charge in [-0.2, -0.15) is 5.26 Å². The van der Waals surface area contributed by atoms with Crippen molar-refractivity contribution in [2.45, 2.75) is 13.0 Å². The molecule has 1 N–H and O–H groups in total. The first-order chi connectivity index (χ1) is 12.4. The van der Waals surface area contributed by atoms with Crippen LogP contribution in [0, 0.1) is 11.3 Å². The number of hydrogen-bond donors (Lipinski definition) is 1. The number of aromatic hydroxyl groups is 1. The summed E-state index contributed by atoms with van der Waals surface area (Å²) < 4.78 is 0. The van der Waals surface area contributed by atoms with Gasteiger partial charge in [-0.25, -0.2) is 0 Å². The van der Waals surface area contributed by atoms with Crippen LogP contribution in [0.5, 0.6) is 5.75 Å². The van der Waals surface area contributed by atoms with E-state index in [1.807, 2.05) is 13.0 Å². The summed E-state index contributed by atoms with van der Waals surface area (Å²) in [5.74, 6) is -0.615. The molecule has 2 aromatic carbocycles. The molecule has 0 bridgehead atoms. The quantitative estimate of drug-likeness (QED) is 0.882. The van der Waals surface area contributed by atoms with E-state index in [2.05, 4.69) is 0 Å². The van der Waals surface area contributed by atoms with Crippen LogP contribution in [0.4, 0.5) is 5.69 Å². The molecule has 0 radical (unpaired) electrons. The zero-order valence-corrected chi connectivity index (χ0v) is 14.8. The summed E-state index contributed by atoms with van der Waals surface area (Å²) in [5.41, 5.74) is 1.53. The van der Waals surface area contributed by atoms with Crippen molar-refractivity contribution in [3.63, 3.8) is 0 Å². The number of rotatable bonds is 2. The summed E-state index contributed by atoms with van der Waals surface area (Å²) in [6, 6.07) is 12.8. The van der Waals surface area contributed by atoms with Crippen LogP contribution >= 0.6 is 11.6 Å². The maximum atomic E-state index is 12.7. The van der Waals surface area contributed by atoms with Crippen molar-refractivity contribution in [2.24, 2.45) is 0 Å². The topological polar surface area (TPSA) is 84.6 Å². The van der Waals surface area contributed by atoms with Gasteiger partial charge in [-0.05, 0) is 49.4 Å². The number of piperazine rings is 1. The lowest BCUT2D eigenvalue weighted by atomic mass is 10.1. The minimum atomic E-state index is -0.313. The Balaban J connectivity index is 1.79. The number of hydrogen-bond acceptors (Lipinski definition) is 4. The molecule has 6 nitrogen and oxygen atoms in total. The second-order valence-electron chi connectivity index (χ2n) is 6.11. The van der Waals surface area contributed by atoms with E-state index in [-0.39, 0.29) is 35.2 Å². The average molecular weight is 370 g/mol. The number of nitriles is 1. The van der Waals surface area contributed by atoms with Crippen molar-refractivity contribution in [2.75, 3.05) is 18.0 Å². The molecule has 0 aliphatic carbocycles. The van der Waals surface area contributed by atoms with Gasteiger partial charge >= 0.3 is 0 Å². The summed E-state index contributed by atoms with van der Waals surface area (Å²) in [4.78, 5) is 28.4. The van der Waals surface area contributed by atoms with Crippen LogP contribution in [-0.4, -0.2) is 41.0 Å². The third kappa shape index (κ3) is 3.35. The highest BCUT2D eigenvalue weighted by Gasteiger charge is 2.33. The number of benzene rings is 2. The standard InChI is InChI=1S/C19H16ClN3O3/c1-12-10-23(15-5-2-13(9-21)3-6-15)18(25)11-22(12)19(26)14-4-7-17(24)16(20)8-14/h2-8,12,24H,10-11H2,1H3/t12-/m1/s1. The first-order valence-electron chi connectivity index (χ1n) is 8.00. The van der Waals surface area contributed by atoms with Crippen molar-refractivity contribution < 1.29 is 14.7 Å². The summed E-state index contributed by atoms with van der Waals surface area (Å²) >= 11 is 5.87. The highest BCUT2D eigenvalue weighted by atomic mass is 35.5. The first kappa shape index (κ1) is 17.8. The normalized spacial score (nSPS) is 17.1. The fraction of sp³-hybridized carbons (Fsp3) is 0.211. The van der Waals surface area contributed by atoms with Crippen molar-refractivity contribution in [3.05, 3.63) is 58.6 Å². The molecular formula is C19H16ClN3O3. The SMILES string of the molecule is C[C@@H]1CN(c2ccc(C#N)cc2)C(=O)CN1C(=O)c1ccc(O)c(Cl)c1. The summed E-state index contributed by atoms with van der Waals surface area (Å²) in [5, 5.41) is 18.5. The molecule has 0 spiro atoms. The van der Waals surface area contributed by atoms with E-state index in [1.54, 1.807) is 29.2 Å². The molecule has 1 atom stereocenters. The fourth-order valence-electron chi connectivity index (χ4n) is 2.89. The second-order valence-corrected chi connectivity index (χ2v) is 6.52. The molecule has 0 unspecified atom stereocenters. The van der Waals surface area contributed by atoms with Crippen LogP contribution in [0.15, 0.2) is 42.5 Å². The molecule has 1 fully saturated rings. The minimum absolute atomic E-state index is 0.0570. The highest BCUT2D eigenvalue weighted by molar-refractivity contribution is 6.32. The Labute approximate surface area is 155 Å². The largest absolute Gasteiger partial charge is 0.506 e. The molecule has 26 heavy (non-hydrogen) atoms. The van der Waals surface area contributed by atoms with Crippen LogP contribution < -0.4 is 4.90 Å². The lowest BCUT2D eigenvalue weighted by Crippen LogP contribution is -2.57. The smallest absolute Gasteiger partial charge is 0.254 e. The molecule has 0 saturated carbocycles. The molecule has 1 aliphatic rings. The van der Waals surface area contributed by atoms with Gasteiger partial charge in [-0.15, -0.1) is 0 Å². The minimum Gasteiger partial charge on any atom is -0.506 e. The van der Waals surface area contributed by atoms with Gasteiger partial charge in [0.1, 0.15) is 12.3 Å². The van der Waals surface area contributed by atoms with E-state index in [1.165, 1.54) is 23.1 Å². The molecule has 2 amide bonds. The van der Waals surface area contributed by atoms with Gasteiger partial charge in [0, 0.05) is 23.8 Å². The molecule has 7 heteroatoms. The number of amides is 2. The monoisotopic (exact) mass is 369 g/mol. The number of anilines is 1. The van der Waals surface area contributed by atoms with Crippen LogP contribution in [-0.2, 0) is 4.79 Å². The lowest BCUT2D eigenvalue weighted by molar-refractivity contribution is -0.121. The predicted molar refractivity (Wildman–Crippen MR) is 97.1 cm³/mol. The van der Waals surface area contributed by atoms with Gasteiger partial charge in [-0.3, -0.25) is 9.59 Å². The van der Waals surface area contributed by atoms with Crippen LogP contribution in [0.3, 0.4) is 0 Å². The van der Waals surface area contributed by atoms with Gasteiger partial charge in [0.05, 0.1) is 16.7 Å². The van der Waals surface area contributed by atoms with Gasteiger partial charge in [-0.1, -0.05) is 11.6 Å². The fourth-order valence-corrected chi connectivity index (χ4v) is 3.08. The Morgan fingerprint density at radius 1 is 1.27 bits per heavy atom. The number of carbonyl (C=O) groups excluding carboxylic acids is 2. The number of phenolic OH excluding ortho intramolecular Hbond substituents is 1. The van der Waals surface area contributed by atoms with Crippen LogP contribution in [0.2, 0.25) is 5.02 Å². The molecule has 132 valence electrons. The Hall–Kier alpha value is -3.04. The average Bonchev–Trinajstić information content (AvgIpc) is 2.65. The van der Waals surface area contributed by atoms with Crippen molar-refractivity contribution in [1.29, 1.82) is 5.26 Å². The van der Waals surface area contributed by atoms with Gasteiger partial charge < -0.3 is 14.9 Å². The van der Waals surface area contributed by atoms with E-state index >= 15 is 0 Å². The van der Waals surface area contributed by atoms with Crippen molar-refractivity contribution in [3.8, 4) is 11.8 Å². The Morgan fingerprint density at radius 3 is 2.58 bits per heavy atom. The highest BCUT2D eigenvalue weighted by Crippen LogP contribution is 2.26. The van der Waals surface area contributed by atoms with Gasteiger partial charge in [0.25, 0.3) is 5.91 Å². The number of nitrogens with zero attached hydrogens (tertiary/aromatic N) is 3. The van der Waals surface area contributed by atoms with Crippen LogP contribution in [0.25, 0.3) is 0 Å². The maximum absolute atomic E-state index is 12.7. The summed E-state index contributed by atoms with van der Waals surface area (Å²) in [6.07, 6.45) is 0. The Bertz CT molecular complexity index is 905. The van der Waals surface area contributed by atoms with Gasteiger partial charge in [0.2, 0.25) is 5.91 Å². The van der Waals surface area contributed by atoms with Crippen molar-refractivity contribution in [1.82, 2.24) is 4.90 Å². The molecule has 1 aliphatic heterocycles. The first-order valence-corrected chi connectivity index (χ1v) is 8.38. The zero-order valence-electron chi connectivity index (χ0n) is 14.0. The Kier molecular flexibility index (Phi) is 4.83. The third-order valence-electron chi connectivity index (χ3n) is 4.35. The summed E-state index contributed by atoms with van der Waals surface area (Å²) in [7, 11) is 0. The van der Waals surface area contributed by atoms with Crippen LogP contribution in [0.1, 0.15) is 22.8 Å². The molecule has 2 aromatic rings. The molecule has 3 rings (SSSR count). The maximum Gasteiger partial charge on any atom is 0.254 e. The number of carbonyl (C=O) groups is 2. The zero-order chi connectivity index (χ0) is 18.8. The molecule has 1 saturated heterocycles. The van der Waals surface area contributed by atoms with Gasteiger partial charge in [0.15, 0.2) is 0 Å². The molecule has 1 heterocycles. The molecule has 0 aromatic heterocycles. The molecular weight excluding hydrogens is 354 g/mol. The van der Waals surface area contributed by atoms with E-state index in [9.17, 15) is 14.7 Å². The Morgan fingerprint density at radius 2 is 1.96 bits per heavy atom. The third-order valence-corrected chi connectivity index (χ3v) is 4.65. The predicted octanol–water partition coefficient (Wildman–Crippen LogP) is 2.79.